The van der Waals surface area contributed by atoms with E-state index in [1.807, 2.05) is 0 Å². The molecule has 0 saturated carbocycles. The maximum absolute atomic E-state index is 11.9. The molecule has 2 rings (SSSR count). The van der Waals surface area contributed by atoms with Gasteiger partial charge in [-0.2, -0.15) is 0 Å². The predicted molar refractivity (Wildman–Crippen MR) is 89.3 cm³/mol. The summed E-state index contributed by atoms with van der Waals surface area (Å²) in [5.74, 6) is -3.70. The zero-order valence-electron chi connectivity index (χ0n) is 15.1. The van der Waals surface area contributed by atoms with Crippen LogP contribution in [0, 0.1) is 11.8 Å². The number of carboxylic acids is 1. The number of carbonyl (C=O) groups is 2. The van der Waals surface area contributed by atoms with Crippen LogP contribution in [-0.4, -0.2) is 88.2 Å². The number of rotatable bonds is 7. The normalized spacial score (nSPS) is 38.1. The summed E-state index contributed by atoms with van der Waals surface area (Å²) in [6.07, 6.45) is -6.91. The number of carbonyl (C=O) groups excluding carboxylic acids is 1. The number of hydrogen-bond acceptors (Lipinski definition) is 10. The molecular weight excluding hydrogens is 380 g/mol. The molecule has 2 unspecified atom stereocenters. The number of aliphatic hydroxyl groups is 4. The molecule has 158 valence electrons. The molecule has 0 aromatic carbocycles. The second kappa shape index (κ2) is 9.45. The number of carboxylic acid groups (broad SMARTS) is 1. The van der Waals surface area contributed by atoms with E-state index < -0.39 is 73.8 Å². The summed E-state index contributed by atoms with van der Waals surface area (Å²) in [4.78, 5) is 23.2. The van der Waals surface area contributed by atoms with Crippen molar-refractivity contribution in [2.45, 2.75) is 43.4 Å². The molecule has 0 aromatic rings. The van der Waals surface area contributed by atoms with Crippen molar-refractivity contribution in [2.24, 2.45) is 11.8 Å². The quantitative estimate of drug-likeness (QED) is 0.237. The lowest BCUT2D eigenvalue weighted by Crippen LogP contribution is -2.60. The van der Waals surface area contributed by atoms with Crippen molar-refractivity contribution in [3.8, 4) is 0 Å². The van der Waals surface area contributed by atoms with Crippen LogP contribution >= 0.6 is 0 Å². The zero-order chi connectivity index (χ0) is 21.0. The van der Waals surface area contributed by atoms with E-state index in [0.29, 0.717) is 0 Å². The van der Waals surface area contributed by atoms with Crippen LogP contribution in [-0.2, 0) is 28.5 Å². The van der Waals surface area contributed by atoms with Crippen LogP contribution in [0.4, 0.5) is 0 Å². The Hall–Kier alpha value is -2.02. The van der Waals surface area contributed by atoms with Gasteiger partial charge in [-0.05, 0) is 0 Å². The molecule has 0 amide bonds. The van der Waals surface area contributed by atoms with Crippen molar-refractivity contribution in [1.82, 2.24) is 0 Å². The van der Waals surface area contributed by atoms with Gasteiger partial charge in [-0.25, -0.2) is 4.79 Å². The molecular formula is C17H24O11. The predicted octanol–water partition coefficient (Wildman–Crippen LogP) is -1.89. The highest BCUT2D eigenvalue weighted by molar-refractivity contribution is 5.89. The highest BCUT2D eigenvalue weighted by Crippen LogP contribution is 2.36. The van der Waals surface area contributed by atoms with Gasteiger partial charge in [-0.3, -0.25) is 4.79 Å². The highest BCUT2D eigenvalue weighted by Gasteiger charge is 2.47. The van der Waals surface area contributed by atoms with Gasteiger partial charge in [0.05, 0.1) is 32.0 Å². The van der Waals surface area contributed by atoms with E-state index in [-0.39, 0.29) is 5.57 Å². The van der Waals surface area contributed by atoms with Gasteiger partial charge in [0, 0.05) is 11.8 Å². The van der Waals surface area contributed by atoms with Gasteiger partial charge in [0.2, 0.25) is 6.29 Å². The molecule has 1 saturated heterocycles. The van der Waals surface area contributed by atoms with Crippen LogP contribution in [0.2, 0.25) is 0 Å². The maximum atomic E-state index is 11.9. The monoisotopic (exact) mass is 404 g/mol. The summed E-state index contributed by atoms with van der Waals surface area (Å²) >= 11 is 0. The maximum Gasteiger partial charge on any atom is 0.337 e. The van der Waals surface area contributed by atoms with Gasteiger partial charge in [0.15, 0.2) is 6.29 Å². The van der Waals surface area contributed by atoms with Gasteiger partial charge in [0.1, 0.15) is 24.4 Å². The Morgan fingerprint density at radius 1 is 1.21 bits per heavy atom. The number of aliphatic hydroxyl groups excluding tert-OH is 4. The lowest BCUT2D eigenvalue weighted by Gasteiger charge is -2.42. The Labute approximate surface area is 160 Å². The van der Waals surface area contributed by atoms with E-state index in [1.165, 1.54) is 6.08 Å². The van der Waals surface area contributed by atoms with Crippen molar-refractivity contribution in [3.05, 3.63) is 24.5 Å². The van der Waals surface area contributed by atoms with Crippen LogP contribution in [0.3, 0.4) is 0 Å². The standard InChI is InChI=1S/C17H24O11/c1-3-7-8(4-11(19)20)9(15(24)25-2)6-26-16(7)28-17-14(23)13(22)12(21)10(5-18)27-17/h3,6-8,10,12-14,16-18,21-23H,1,4-5H2,2H3,(H,19,20)/t7?,8?,10-,12-,13+,14-,16+,17+/m1/s1. The molecule has 0 spiro atoms. The van der Waals surface area contributed by atoms with E-state index in [9.17, 15) is 35.1 Å². The fraction of sp³-hybridized carbons (Fsp3) is 0.647. The minimum atomic E-state index is -1.67. The Morgan fingerprint density at radius 3 is 2.43 bits per heavy atom. The molecule has 11 heteroatoms. The second-order valence-electron chi connectivity index (χ2n) is 6.42. The topological polar surface area (TPSA) is 172 Å². The third-order valence-electron chi connectivity index (χ3n) is 4.71. The molecule has 0 aliphatic carbocycles. The molecule has 0 radical (unpaired) electrons. The second-order valence-corrected chi connectivity index (χ2v) is 6.42. The van der Waals surface area contributed by atoms with Gasteiger partial charge >= 0.3 is 11.9 Å². The van der Waals surface area contributed by atoms with E-state index in [1.54, 1.807) is 0 Å². The summed E-state index contributed by atoms with van der Waals surface area (Å²) in [5.41, 5.74) is -0.0246. The summed E-state index contributed by atoms with van der Waals surface area (Å²) in [6.45, 7) is 2.97. The third-order valence-corrected chi connectivity index (χ3v) is 4.71. The number of hydrogen-bond donors (Lipinski definition) is 5. The van der Waals surface area contributed by atoms with Crippen LogP contribution in [0.5, 0.6) is 0 Å². The third kappa shape index (κ3) is 4.51. The van der Waals surface area contributed by atoms with Crippen LogP contribution < -0.4 is 0 Å². The lowest BCUT2D eigenvalue weighted by molar-refractivity contribution is -0.339. The lowest BCUT2D eigenvalue weighted by atomic mass is 9.81. The average molecular weight is 404 g/mol. The fourth-order valence-electron chi connectivity index (χ4n) is 3.18. The molecule has 1 fully saturated rings. The molecule has 2 heterocycles. The van der Waals surface area contributed by atoms with Gasteiger partial charge in [-0.1, -0.05) is 6.08 Å². The molecule has 2 aliphatic heterocycles. The van der Waals surface area contributed by atoms with Gasteiger partial charge in [0.25, 0.3) is 0 Å². The van der Waals surface area contributed by atoms with Gasteiger partial charge in [-0.15, -0.1) is 6.58 Å². The zero-order valence-corrected chi connectivity index (χ0v) is 15.1. The molecule has 0 aromatic heterocycles. The van der Waals surface area contributed by atoms with E-state index in [0.717, 1.165) is 13.4 Å². The number of methoxy groups -OCH3 is 1. The highest BCUT2D eigenvalue weighted by atomic mass is 16.8. The minimum absolute atomic E-state index is 0.0246. The molecule has 0 bridgehead atoms. The molecule has 2 aliphatic rings. The van der Waals surface area contributed by atoms with Crippen molar-refractivity contribution < 1.29 is 54.1 Å². The molecule has 11 nitrogen and oxygen atoms in total. The van der Waals surface area contributed by atoms with E-state index in [2.05, 4.69) is 11.3 Å². The number of esters is 1. The fourth-order valence-corrected chi connectivity index (χ4v) is 3.18. The first-order chi connectivity index (χ1) is 13.2. The van der Waals surface area contributed by atoms with Crippen LogP contribution in [0.1, 0.15) is 6.42 Å². The first kappa shape index (κ1) is 22.3. The van der Waals surface area contributed by atoms with E-state index >= 15 is 0 Å². The first-order valence-electron chi connectivity index (χ1n) is 8.49. The Bertz CT molecular complexity index is 616. The average Bonchev–Trinajstić information content (AvgIpc) is 2.67. The van der Waals surface area contributed by atoms with E-state index in [4.69, 9.17) is 14.2 Å². The van der Waals surface area contributed by atoms with Crippen LogP contribution in [0.25, 0.3) is 0 Å². The largest absolute Gasteiger partial charge is 0.481 e. The first-order valence-corrected chi connectivity index (χ1v) is 8.49. The Balaban J connectivity index is 2.24. The molecule has 28 heavy (non-hydrogen) atoms. The minimum Gasteiger partial charge on any atom is -0.481 e. The van der Waals surface area contributed by atoms with Crippen molar-refractivity contribution in [3.63, 3.8) is 0 Å². The summed E-state index contributed by atoms with van der Waals surface area (Å²) in [5, 5.41) is 48.2. The van der Waals surface area contributed by atoms with Crippen molar-refractivity contribution in [1.29, 1.82) is 0 Å². The van der Waals surface area contributed by atoms with Crippen molar-refractivity contribution >= 4 is 11.9 Å². The Morgan fingerprint density at radius 2 is 1.89 bits per heavy atom. The number of ether oxygens (including phenoxy) is 4. The summed E-state index contributed by atoms with van der Waals surface area (Å²) in [7, 11) is 1.14. The Kier molecular flexibility index (Phi) is 7.52. The summed E-state index contributed by atoms with van der Waals surface area (Å²) < 4.78 is 20.8. The number of aliphatic carboxylic acids is 1. The SMILES string of the molecule is C=CC1C(CC(=O)O)C(C(=O)OC)=CO[C@H]1O[C@@H]1O[C@H](CO)[C@@H](O)[C@H](O)[C@H]1O. The summed E-state index contributed by atoms with van der Waals surface area (Å²) in [6, 6.07) is 0. The van der Waals surface area contributed by atoms with Crippen molar-refractivity contribution in [2.75, 3.05) is 13.7 Å². The van der Waals surface area contributed by atoms with Crippen LogP contribution in [0.15, 0.2) is 24.5 Å². The molecule has 5 N–H and O–H groups in total. The smallest absolute Gasteiger partial charge is 0.337 e. The van der Waals surface area contributed by atoms with Gasteiger partial charge < -0.3 is 44.5 Å². The molecule has 8 atom stereocenters.